The van der Waals surface area contributed by atoms with Crippen LogP contribution in [0.4, 0.5) is 13.6 Å². The summed E-state index contributed by atoms with van der Waals surface area (Å²) in [6.07, 6.45) is 2.95. The minimum Gasteiger partial charge on any atom is -0.450 e. The van der Waals surface area contributed by atoms with E-state index in [1.54, 1.807) is 0 Å². The molecule has 1 unspecified atom stereocenters. The third kappa shape index (κ3) is 1.92. The highest BCUT2D eigenvalue weighted by molar-refractivity contribution is 5.57. The molecule has 0 radical (unpaired) electrons. The van der Waals surface area contributed by atoms with E-state index in [-0.39, 0.29) is 0 Å². The van der Waals surface area contributed by atoms with Crippen LogP contribution in [-0.4, -0.2) is 30.7 Å². The van der Waals surface area contributed by atoms with E-state index in [0.717, 1.165) is 0 Å². The normalized spacial score (nSPS) is 23.4. The molecule has 0 spiro atoms. The van der Waals surface area contributed by atoms with Gasteiger partial charge in [0.1, 0.15) is 19.5 Å². The summed E-state index contributed by atoms with van der Waals surface area (Å²) in [5.74, 6) is 0. The summed E-state index contributed by atoms with van der Waals surface area (Å²) in [7, 11) is 0. The third-order valence-electron chi connectivity index (χ3n) is 2.12. The zero-order valence-corrected chi connectivity index (χ0v) is 7.32. The van der Waals surface area contributed by atoms with Crippen LogP contribution >= 0.6 is 0 Å². The maximum Gasteiger partial charge on any atom is 0.506 e. The van der Waals surface area contributed by atoms with Gasteiger partial charge in [-0.1, -0.05) is 18.2 Å². The van der Waals surface area contributed by atoms with Crippen LogP contribution in [0.1, 0.15) is 0 Å². The Labute approximate surface area is 79.7 Å². The highest BCUT2D eigenvalue weighted by Gasteiger charge is 2.39. The van der Waals surface area contributed by atoms with Gasteiger partial charge in [-0.3, -0.25) is 0 Å². The SMILES string of the molecule is O=C(O)OC1C=CC=CC1(CF)CF. The molecule has 14 heavy (non-hydrogen) atoms. The van der Waals surface area contributed by atoms with E-state index in [0.29, 0.717) is 0 Å². The van der Waals surface area contributed by atoms with Gasteiger partial charge in [-0.2, -0.15) is 0 Å². The van der Waals surface area contributed by atoms with Gasteiger partial charge in [0.15, 0.2) is 0 Å². The fraction of sp³-hybridized carbons (Fsp3) is 0.444. The van der Waals surface area contributed by atoms with Crippen molar-refractivity contribution in [1.82, 2.24) is 0 Å². The van der Waals surface area contributed by atoms with E-state index >= 15 is 0 Å². The molecule has 0 aromatic rings. The zero-order chi connectivity index (χ0) is 10.6. The minimum absolute atomic E-state index is 0.998. The van der Waals surface area contributed by atoms with Gasteiger partial charge in [-0.15, -0.1) is 0 Å². The molecule has 1 rings (SSSR count). The first-order chi connectivity index (χ1) is 6.64. The molecule has 1 atom stereocenters. The molecule has 0 saturated carbocycles. The van der Waals surface area contributed by atoms with Crippen molar-refractivity contribution in [2.24, 2.45) is 5.41 Å². The van der Waals surface area contributed by atoms with Gasteiger partial charge < -0.3 is 9.84 Å². The van der Waals surface area contributed by atoms with E-state index in [9.17, 15) is 13.6 Å². The van der Waals surface area contributed by atoms with Gasteiger partial charge in [0.05, 0.1) is 5.41 Å². The first kappa shape index (κ1) is 10.7. The van der Waals surface area contributed by atoms with Crippen molar-refractivity contribution in [2.75, 3.05) is 13.3 Å². The second-order valence-electron chi connectivity index (χ2n) is 3.05. The molecule has 1 aliphatic rings. The molecule has 0 aromatic heterocycles. The molecule has 0 aromatic carbocycles. The predicted molar refractivity (Wildman–Crippen MR) is 45.6 cm³/mol. The quantitative estimate of drug-likeness (QED) is 0.716. The monoisotopic (exact) mass is 204 g/mol. The van der Waals surface area contributed by atoms with Crippen LogP contribution in [0.5, 0.6) is 0 Å². The molecule has 3 nitrogen and oxygen atoms in total. The molecule has 0 heterocycles. The maximum atomic E-state index is 12.6. The van der Waals surface area contributed by atoms with E-state index in [1.807, 2.05) is 0 Å². The number of rotatable bonds is 3. The van der Waals surface area contributed by atoms with Crippen molar-refractivity contribution in [3.8, 4) is 0 Å². The van der Waals surface area contributed by atoms with Crippen LogP contribution in [0.3, 0.4) is 0 Å². The summed E-state index contributed by atoms with van der Waals surface area (Å²) in [5.41, 5.74) is -1.49. The Balaban J connectivity index is 2.84. The third-order valence-corrected chi connectivity index (χ3v) is 2.12. The molecular weight excluding hydrogens is 194 g/mol. The van der Waals surface area contributed by atoms with Gasteiger partial charge >= 0.3 is 6.16 Å². The van der Waals surface area contributed by atoms with E-state index < -0.39 is 31.0 Å². The summed E-state index contributed by atoms with van der Waals surface area (Å²) in [4.78, 5) is 10.3. The lowest BCUT2D eigenvalue weighted by molar-refractivity contribution is 0.00446. The van der Waals surface area contributed by atoms with Crippen LogP contribution in [0.25, 0.3) is 0 Å². The lowest BCUT2D eigenvalue weighted by Gasteiger charge is -2.31. The predicted octanol–water partition coefficient (Wildman–Crippen LogP) is 2.10. The van der Waals surface area contributed by atoms with E-state index in [1.165, 1.54) is 24.3 Å². The fourth-order valence-electron chi connectivity index (χ4n) is 1.24. The Morgan fingerprint density at radius 1 is 1.43 bits per heavy atom. The number of ether oxygens (including phenoxy) is 1. The molecule has 78 valence electrons. The maximum absolute atomic E-state index is 12.6. The Bertz CT molecular complexity index is 269. The van der Waals surface area contributed by atoms with Crippen LogP contribution in [0.15, 0.2) is 24.3 Å². The van der Waals surface area contributed by atoms with Crippen LogP contribution in [0, 0.1) is 5.41 Å². The first-order valence-corrected chi connectivity index (χ1v) is 4.02. The van der Waals surface area contributed by atoms with Crippen LogP contribution < -0.4 is 0 Å². The van der Waals surface area contributed by atoms with E-state index in [2.05, 4.69) is 4.74 Å². The van der Waals surface area contributed by atoms with Gasteiger partial charge in [-0.25, -0.2) is 13.6 Å². The molecule has 5 heteroatoms. The highest BCUT2D eigenvalue weighted by Crippen LogP contribution is 2.31. The largest absolute Gasteiger partial charge is 0.506 e. The molecular formula is C9H10F2O3. The summed E-state index contributed by atoms with van der Waals surface area (Å²) < 4.78 is 29.7. The highest BCUT2D eigenvalue weighted by atomic mass is 19.1. The molecule has 0 bridgehead atoms. The smallest absolute Gasteiger partial charge is 0.450 e. The minimum atomic E-state index is -1.54. The van der Waals surface area contributed by atoms with Crippen molar-refractivity contribution in [3.63, 3.8) is 0 Å². The number of hydrogen-bond acceptors (Lipinski definition) is 2. The number of carbonyl (C=O) groups is 1. The zero-order valence-electron chi connectivity index (χ0n) is 7.32. The Hall–Kier alpha value is -1.39. The topological polar surface area (TPSA) is 46.5 Å². The average molecular weight is 204 g/mol. The Morgan fingerprint density at radius 2 is 2.07 bits per heavy atom. The second kappa shape index (κ2) is 4.21. The molecule has 0 fully saturated rings. The molecule has 0 amide bonds. The lowest BCUT2D eigenvalue weighted by atomic mass is 9.81. The van der Waals surface area contributed by atoms with Crippen molar-refractivity contribution in [3.05, 3.63) is 24.3 Å². The standard InChI is InChI=1S/C9H10F2O3/c10-5-9(6-11)4-2-1-3-7(9)14-8(12)13/h1-4,7H,5-6H2,(H,12,13). The van der Waals surface area contributed by atoms with Crippen LogP contribution in [-0.2, 0) is 4.74 Å². The molecule has 1 N–H and O–H groups in total. The lowest BCUT2D eigenvalue weighted by Crippen LogP contribution is -2.40. The van der Waals surface area contributed by atoms with Gasteiger partial charge in [0.2, 0.25) is 0 Å². The summed E-state index contributed by atoms with van der Waals surface area (Å²) in [5, 5.41) is 8.36. The first-order valence-electron chi connectivity index (χ1n) is 4.02. The van der Waals surface area contributed by atoms with Crippen molar-refractivity contribution in [2.45, 2.75) is 6.10 Å². The van der Waals surface area contributed by atoms with Crippen LogP contribution in [0.2, 0.25) is 0 Å². The van der Waals surface area contributed by atoms with Crippen molar-refractivity contribution < 1.29 is 23.4 Å². The summed E-state index contributed by atoms with van der Waals surface area (Å²) >= 11 is 0. The summed E-state index contributed by atoms with van der Waals surface area (Å²) in [6.45, 7) is -2.00. The fourth-order valence-corrected chi connectivity index (χ4v) is 1.24. The van der Waals surface area contributed by atoms with Gasteiger partial charge in [0.25, 0.3) is 0 Å². The number of alkyl halides is 2. The molecule has 0 saturated heterocycles. The molecule has 0 aliphatic heterocycles. The summed E-state index contributed by atoms with van der Waals surface area (Å²) in [6, 6.07) is 0. The van der Waals surface area contributed by atoms with Gasteiger partial charge in [-0.05, 0) is 6.08 Å². The van der Waals surface area contributed by atoms with Gasteiger partial charge in [0, 0.05) is 0 Å². The number of carboxylic acid groups (broad SMARTS) is 1. The molecule has 1 aliphatic carbocycles. The number of halogens is 2. The average Bonchev–Trinajstić information content (AvgIpc) is 2.18. The number of allylic oxidation sites excluding steroid dienone is 2. The van der Waals surface area contributed by atoms with Crippen molar-refractivity contribution in [1.29, 1.82) is 0 Å². The van der Waals surface area contributed by atoms with Crippen molar-refractivity contribution >= 4 is 6.16 Å². The Morgan fingerprint density at radius 3 is 2.57 bits per heavy atom. The number of hydrogen-bond donors (Lipinski definition) is 1. The Kier molecular flexibility index (Phi) is 3.22. The van der Waals surface area contributed by atoms with E-state index in [4.69, 9.17) is 5.11 Å². The second-order valence-corrected chi connectivity index (χ2v) is 3.05.